The van der Waals surface area contributed by atoms with Crippen molar-refractivity contribution in [3.63, 3.8) is 0 Å². The Balaban J connectivity index is 1.88. The first-order chi connectivity index (χ1) is 8.42. The summed E-state index contributed by atoms with van der Waals surface area (Å²) in [5.74, 6) is 0.667. The minimum absolute atomic E-state index is 0.266. The Morgan fingerprint density at radius 2 is 0.944 bits per heavy atom. The summed E-state index contributed by atoms with van der Waals surface area (Å²) in [6.07, 6.45) is 12.0. The van der Waals surface area contributed by atoms with E-state index in [1.165, 1.54) is 38.5 Å². The summed E-state index contributed by atoms with van der Waals surface area (Å²) in [5, 5.41) is 0. The Hall–Kier alpha value is 0.310. The van der Waals surface area contributed by atoms with Gasteiger partial charge in [0.25, 0.3) is 0 Å². The second-order valence-corrected chi connectivity index (χ2v) is 10.1. The maximum atomic E-state index is 10.3. The van der Waals surface area contributed by atoms with Crippen LogP contribution in [0.4, 0.5) is 0 Å². The van der Waals surface area contributed by atoms with Crippen LogP contribution in [0.5, 0.6) is 0 Å². The molecule has 0 spiro atoms. The van der Waals surface area contributed by atoms with Crippen LogP contribution in [0.1, 0.15) is 64.2 Å². The van der Waals surface area contributed by atoms with E-state index in [-0.39, 0.29) is 12.3 Å². The Morgan fingerprint density at radius 1 is 0.611 bits per heavy atom. The first kappa shape index (κ1) is 14.7. The molecule has 0 unspecified atom stereocenters. The first-order valence-electron chi connectivity index (χ1n) is 7.68. The zero-order chi connectivity index (χ0) is 13.1. The van der Waals surface area contributed by atoms with Crippen molar-refractivity contribution in [3.05, 3.63) is 0 Å². The molecule has 0 atom stereocenters. The van der Waals surface area contributed by atoms with Gasteiger partial charge < -0.3 is 0 Å². The molecular weight excluding hydrogens is 247 g/mol. The van der Waals surface area contributed by atoms with Gasteiger partial charge in [0, 0.05) is 0 Å². The molecule has 0 radical (unpaired) electrons. The molecule has 108 valence electrons. The third-order valence-electron chi connectivity index (χ3n) is 4.71. The maximum absolute atomic E-state index is 10.3. The Labute approximate surface area is 111 Å². The van der Waals surface area contributed by atoms with Crippen LogP contribution in [0.25, 0.3) is 0 Å². The monoisotopic (exact) mass is 276 g/mol. The molecule has 2 saturated carbocycles. The van der Waals surface area contributed by atoms with Crippen molar-refractivity contribution < 1.29 is 14.7 Å². The normalized spacial score (nSPS) is 26.7. The molecule has 3 N–H and O–H groups in total. The summed E-state index contributed by atoms with van der Waals surface area (Å²) in [4.78, 5) is 31.0. The summed E-state index contributed by atoms with van der Waals surface area (Å²) >= 11 is 0. The fourth-order valence-corrected chi connectivity index (χ4v) is 6.87. The summed E-state index contributed by atoms with van der Waals surface area (Å²) < 4.78 is 0. The van der Waals surface area contributed by atoms with E-state index in [9.17, 15) is 14.7 Å². The van der Waals surface area contributed by atoms with Crippen molar-refractivity contribution in [2.45, 2.75) is 64.2 Å². The number of rotatable bonds is 4. The summed E-state index contributed by atoms with van der Waals surface area (Å²) in [7, 11) is -4.35. The Morgan fingerprint density at radius 3 is 1.28 bits per heavy atom. The molecule has 2 aliphatic carbocycles. The van der Waals surface area contributed by atoms with Crippen LogP contribution in [0.3, 0.4) is 0 Å². The van der Waals surface area contributed by atoms with Crippen LogP contribution in [0, 0.1) is 11.8 Å². The molecule has 0 aromatic heterocycles. The molecule has 18 heavy (non-hydrogen) atoms. The quantitative estimate of drug-likeness (QED) is 0.689. The van der Waals surface area contributed by atoms with Gasteiger partial charge in [-0.25, -0.2) is 0 Å². The second kappa shape index (κ2) is 5.75. The van der Waals surface area contributed by atoms with Crippen LogP contribution in [-0.2, 0) is 0 Å². The van der Waals surface area contributed by atoms with Crippen molar-refractivity contribution in [3.8, 4) is 0 Å². The molecule has 2 rings (SSSR count). The SMILES string of the molecule is OP(O)(O)(CC1CCCCC1)CC1CCCCC1. The van der Waals surface area contributed by atoms with Crippen molar-refractivity contribution in [1.82, 2.24) is 0 Å². The molecular formula is C14H29O3P. The predicted molar refractivity (Wildman–Crippen MR) is 76.5 cm³/mol. The van der Waals surface area contributed by atoms with Gasteiger partial charge in [-0.05, 0) is 0 Å². The van der Waals surface area contributed by atoms with E-state index in [0.29, 0.717) is 11.8 Å². The molecule has 3 nitrogen and oxygen atoms in total. The molecule has 0 aliphatic heterocycles. The Kier molecular flexibility index (Phi) is 4.70. The molecule has 2 aliphatic rings. The van der Waals surface area contributed by atoms with Crippen molar-refractivity contribution in [2.75, 3.05) is 12.3 Å². The van der Waals surface area contributed by atoms with Gasteiger partial charge in [-0.2, -0.15) is 0 Å². The van der Waals surface area contributed by atoms with E-state index in [4.69, 9.17) is 0 Å². The molecule has 2 fully saturated rings. The average molecular weight is 276 g/mol. The molecule has 0 bridgehead atoms. The summed E-state index contributed by atoms with van der Waals surface area (Å²) in [5.41, 5.74) is 0. The molecule has 0 aromatic rings. The van der Waals surface area contributed by atoms with E-state index in [2.05, 4.69) is 0 Å². The topological polar surface area (TPSA) is 60.7 Å². The fourth-order valence-electron chi connectivity index (χ4n) is 3.87. The number of hydrogen-bond acceptors (Lipinski definition) is 3. The fraction of sp³-hybridized carbons (Fsp3) is 1.00. The van der Waals surface area contributed by atoms with E-state index in [0.717, 1.165) is 25.7 Å². The van der Waals surface area contributed by atoms with Gasteiger partial charge >= 0.3 is 110 Å². The van der Waals surface area contributed by atoms with Gasteiger partial charge in [-0.15, -0.1) is 0 Å². The van der Waals surface area contributed by atoms with Crippen molar-refractivity contribution in [1.29, 1.82) is 0 Å². The molecule has 0 saturated heterocycles. The third kappa shape index (κ3) is 4.77. The van der Waals surface area contributed by atoms with Gasteiger partial charge in [0.05, 0.1) is 0 Å². The van der Waals surface area contributed by atoms with Crippen LogP contribution >= 0.6 is 7.28 Å². The van der Waals surface area contributed by atoms with E-state index >= 15 is 0 Å². The second-order valence-electron chi connectivity index (χ2n) is 6.71. The zero-order valence-corrected chi connectivity index (χ0v) is 12.3. The molecule has 0 aromatic carbocycles. The van der Waals surface area contributed by atoms with Crippen molar-refractivity contribution in [2.24, 2.45) is 11.8 Å². The van der Waals surface area contributed by atoms with Gasteiger partial charge in [-0.3, -0.25) is 0 Å². The predicted octanol–water partition coefficient (Wildman–Crippen LogP) is 3.42. The molecule has 0 amide bonds. The first-order valence-corrected chi connectivity index (χ1v) is 10.1. The van der Waals surface area contributed by atoms with Crippen LogP contribution < -0.4 is 0 Å². The minimum atomic E-state index is -4.35. The van der Waals surface area contributed by atoms with Gasteiger partial charge in [0.2, 0.25) is 0 Å². The Bertz CT molecular complexity index is 236. The molecule has 4 heteroatoms. The third-order valence-corrected chi connectivity index (χ3v) is 7.24. The van der Waals surface area contributed by atoms with Crippen molar-refractivity contribution >= 4 is 7.28 Å². The van der Waals surface area contributed by atoms with E-state index < -0.39 is 7.28 Å². The van der Waals surface area contributed by atoms with Gasteiger partial charge in [0.1, 0.15) is 0 Å². The van der Waals surface area contributed by atoms with E-state index in [1.807, 2.05) is 0 Å². The number of hydrogen-bond donors (Lipinski definition) is 3. The van der Waals surface area contributed by atoms with Crippen LogP contribution in [0.15, 0.2) is 0 Å². The molecule has 0 heterocycles. The zero-order valence-electron chi connectivity index (χ0n) is 11.4. The summed E-state index contributed by atoms with van der Waals surface area (Å²) in [6.45, 7) is 0. The van der Waals surface area contributed by atoms with Gasteiger partial charge in [-0.1, -0.05) is 0 Å². The van der Waals surface area contributed by atoms with Crippen LogP contribution in [-0.4, -0.2) is 27.0 Å². The van der Waals surface area contributed by atoms with E-state index in [1.54, 1.807) is 0 Å². The van der Waals surface area contributed by atoms with Crippen LogP contribution in [0.2, 0.25) is 0 Å². The van der Waals surface area contributed by atoms with Gasteiger partial charge in [0.15, 0.2) is 0 Å². The standard InChI is InChI=1S/C14H29O3P/c15-18(16,17,11-13-7-3-1-4-8-13)12-14-9-5-2-6-10-14/h13-17H,1-12H2. The summed E-state index contributed by atoms with van der Waals surface area (Å²) in [6, 6.07) is 0. The average Bonchev–Trinajstić information content (AvgIpc) is 2.29.